The average molecular weight is 257 g/mol. The highest BCUT2D eigenvalue weighted by molar-refractivity contribution is 7.90. The van der Waals surface area contributed by atoms with Gasteiger partial charge in [-0.25, -0.2) is 8.42 Å². The van der Waals surface area contributed by atoms with Crippen LogP contribution in [0.25, 0.3) is 0 Å². The molecule has 94 valence electrons. The zero-order valence-corrected chi connectivity index (χ0v) is 10.3. The van der Waals surface area contributed by atoms with Gasteiger partial charge in [-0.15, -0.1) is 0 Å². The Balaban J connectivity index is 2.56. The number of carbonyl (C=O) groups is 1. The molecule has 2 N–H and O–H groups in total. The minimum atomic E-state index is -3.13. The second kappa shape index (κ2) is 5.79. The van der Waals surface area contributed by atoms with Gasteiger partial charge in [-0.3, -0.25) is 4.79 Å². The van der Waals surface area contributed by atoms with Crippen LogP contribution in [0, 0.1) is 0 Å². The number of sulfone groups is 1. The predicted octanol–water partition coefficient (Wildman–Crippen LogP) is 0.552. The molecule has 5 nitrogen and oxygen atoms in total. The van der Waals surface area contributed by atoms with Crippen LogP contribution in [-0.2, 0) is 21.2 Å². The monoisotopic (exact) mass is 257 g/mol. The summed E-state index contributed by atoms with van der Waals surface area (Å²) in [5.41, 5.74) is 1.24. The molecule has 0 unspecified atom stereocenters. The number of anilines is 1. The first kappa shape index (κ1) is 13.7. The molecule has 1 amide bonds. The van der Waals surface area contributed by atoms with E-state index in [9.17, 15) is 13.2 Å². The first-order valence-electron chi connectivity index (χ1n) is 5.08. The van der Waals surface area contributed by atoms with Gasteiger partial charge in [0.1, 0.15) is 9.84 Å². The van der Waals surface area contributed by atoms with Crippen LogP contribution >= 0.6 is 0 Å². The largest absolute Gasteiger partial charge is 0.392 e. The van der Waals surface area contributed by atoms with Gasteiger partial charge in [0.05, 0.1) is 12.4 Å². The topological polar surface area (TPSA) is 83.5 Å². The fourth-order valence-corrected chi connectivity index (χ4v) is 1.81. The summed E-state index contributed by atoms with van der Waals surface area (Å²) in [5.74, 6) is -0.524. The fraction of sp³-hybridized carbons (Fsp3) is 0.364. The van der Waals surface area contributed by atoms with E-state index in [1.54, 1.807) is 24.3 Å². The Morgan fingerprint density at radius 1 is 1.41 bits per heavy atom. The number of aliphatic hydroxyl groups excluding tert-OH is 1. The molecule has 0 bridgehead atoms. The summed E-state index contributed by atoms with van der Waals surface area (Å²) in [4.78, 5) is 11.4. The third-order valence-electron chi connectivity index (χ3n) is 2.09. The molecule has 0 saturated carbocycles. The van der Waals surface area contributed by atoms with Crippen LogP contribution in [0.5, 0.6) is 0 Å². The van der Waals surface area contributed by atoms with Crippen LogP contribution in [0.15, 0.2) is 24.3 Å². The van der Waals surface area contributed by atoms with Crippen molar-refractivity contribution in [3.63, 3.8) is 0 Å². The Kier molecular flexibility index (Phi) is 4.65. The number of hydrogen-bond acceptors (Lipinski definition) is 4. The highest BCUT2D eigenvalue weighted by Gasteiger charge is 2.08. The van der Waals surface area contributed by atoms with Gasteiger partial charge in [-0.1, -0.05) is 12.1 Å². The highest BCUT2D eigenvalue weighted by Crippen LogP contribution is 2.10. The van der Waals surface area contributed by atoms with Gasteiger partial charge in [-0.2, -0.15) is 0 Å². The van der Waals surface area contributed by atoms with Gasteiger partial charge in [0.2, 0.25) is 5.91 Å². The molecule has 1 rings (SSSR count). The number of nitrogens with one attached hydrogen (secondary N) is 1. The number of amides is 1. The fourth-order valence-electron chi connectivity index (χ4n) is 1.25. The quantitative estimate of drug-likeness (QED) is 0.807. The lowest BCUT2D eigenvalue weighted by Gasteiger charge is -2.05. The Morgan fingerprint density at radius 2 is 2.12 bits per heavy atom. The smallest absolute Gasteiger partial charge is 0.225 e. The van der Waals surface area contributed by atoms with Crippen LogP contribution < -0.4 is 5.32 Å². The Hall–Kier alpha value is -1.40. The third kappa shape index (κ3) is 5.46. The standard InChI is InChI=1S/C11H15NO4S/c1-17(15,16)6-5-11(14)12-10-4-2-3-9(7-10)8-13/h2-4,7,13H,5-6,8H2,1H3,(H,12,14). The summed E-state index contributed by atoms with van der Waals surface area (Å²) in [6.07, 6.45) is 1.02. The molecular weight excluding hydrogens is 242 g/mol. The Morgan fingerprint density at radius 3 is 2.71 bits per heavy atom. The van der Waals surface area contributed by atoms with Gasteiger partial charge in [-0.05, 0) is 17.7 Å². The number of benzene rings is 1. The first-order valence-corrected chi connectivity index (χ1v) is 7.14. The summed E-state index contributed by atoms with van der Waals surface area (Å²) in [6.45, 7) is -0.104. The lowest BCUT2D eigenvalue weighted by Crippen LogP contribution is -2.16. The molecule has 0 aromatic heterocycles. The van der Waals surface area contributed by atoms with Crippen molar-refractivity contribution in [2.75, 3.05) is 17.3 Å². The van der Waals surface area contributed by atoms with Gasteiger partial charge >= 0.3 is 0 Å². The molecule has 17 heavy (non-hydrogen) atoms. The van der Waals surface area contributed by atoms with Gasteiger partial charge in [0.25, 0.3) is 0 Å². The first-order chi connectivity index (χ1) is 7.90. The van der Waals surface area contributed by atoms with E-state index in [1.165, 1.54) is 0 Å². The van der Waals surface area contributed by atoms with E-state index in [0.717, 1.165) is 6.26 Å². The van der Waals surface area contributed by atoms with E-state index in [-0.39, 0.29) is 24.7 Å². The normalized spacial score (nSPS) is 11.2. The van der Waals surface area contributed by atoms with Crippen LogP contribution in [-0.4, -0.2) is 31.4 Å². The highest BCUT2D eigenvalue weighted by atomic mass is 32.2. The molecule has 0 spiro atoms. The second-order valence-electron chi connectivity index (χ2n) is 3.79. The lowest BCUT2D eigenvalue weighted by atomic mass is 10.2. The molecular formula is C11H15NO4S. The molecule has 1 aromatic carbocycles. The van der Waals surface area contributed by atoms with E-state index >= 15 is 0 Å². The summed E-state index contributed by atoms with van der Waals surface area (Å²) in [7, 11) is -3.13. The van der Waals surface area contributed by atoms with Crippen molar-refractivity contribution in [2.45, 2.75) is 13.0 Å². The third-order valence-corrected chi connectivity index (χ3v) is 3.04. The lowest BCUT2D eigenvalue weighted by molar-refractivity contribution is -0.115. The number of hydrogen-bond donors (Lipinski definition) is 2. The van der Waals surface area contributed by atoms with E-state index in [2.05, 4.69) is 5.32 Å². The molecule has 0 aliphatic rings. The van der Waals surface area contributed by atoms with Crippen molar-refractivity contribution in [1.29, 1.82) is 0 Å². The summed E-state index contributed by atoms with van der Waals surface area (Å²) in [6, 6.07) is 6.75. The van der Waals surface area contributed by atoms with Crippen molar-refractivity contribution in [1.82, 2.24) is 0 Å². The van der Waals surface area contributed by atoms with Crippen molar-refractivity contribution in [2.24, 2.45) is 0 Å². The molecule has 0 saturated heterocycles. The summed E-state index contributed by atoms with van der Waals surface area (Å²) in [5, 5.41) is 11.5. The molecule has 1 aromatic rings. The van der Waals surface area contributed by atoms with Crippen LogP contribution in [0.4, 0.5) is 5.69 Å². The molecule has 0 fully saturated rings. The van der Waals surface area contributed by atoms with Crippen molar-refractivity contribution < 1.29 is 18.3 Å². The second-order valence-corrected chi connectivity index (χ2v) is 6.05. The van der Waals surface area contributed by atoms with Crippen molar-refractivity contribution in [3.05, 3.63) is 29.8 Å². The van der Waals surface area contributed by atoms with E-state index < -0.39 is 9.84 Å². The van der Waals surface area contributed by atoms with Gasteiger partial charge in [0, 0.05) is 18.4 Å². The van der Waals surface area contributed by atoms with Crippen molar-refractivity contribution in [3.8, 4) is 0 Å². The van der Waals surface area contributed by atoms with Crippen LogP contribution in [0.2, 0.25) is 0 Å². The predicted molar refractivity (Wildman–Crippen MR) is 65.3 cm³/mol. The zero-order valence-electron chi connectivity index (χ0n) is 9.51. The van der Waals surface area contributed by atoms with E-state index in [4.69, 9.17) is 5.11 Å². The maximum atomic E-state index is 11.4. The number of aliphatic hydroxyl groups is 1. The minimum Gasteiger partial charge on any atom is -0.392 e. The van der Waals surface area contributed by atoms with Crippen molar-refractivity contribution >= 4 is 21.4 Å². The number of rotatable bonds is 5. The maximum absolute atomic E-state index is 11.4. The Bertz CT molecular complexity index is 496. The summed E-state index contributed by atoms with van der Waals surface area (Å²) < 4.78 is 21.8. The van der Waals surface area contributed by atoms with E-state index in [1.807, 2.05) is 0 Å². The zero-order chi connectivity index (χ0) is 12.9. The SMILES string of the molecule is CS(=O)(=O)CCC(=O)Nc1cccc(CO)c1. The van der Waals surface area contributed by atoms with E-state index in [0.29, 0.717) is 11.3 Å². The molecule has 0 heterocycles. The molecule has 6 heteroatoms. The Labute approximate surface area is 100 Å². The minimum absolute atomic E-state index is 0.0673. The molecule has 0 aliphatic heterocycles. The summed E-state index contributed by atoms with van der Waals surface area (Å²) >= 11 is 0. The molecule has 0 atom stereocenters. The average Bonchev–Trinajstić information content (AvgIpc) is 2.26. The van der Waals surface area contributed by atoms with Crippen LogP contribution in [0.1, 0.15) is 12.0 Å². The number of carbonyl (C=O) groups excluding carboxylic acids is 1. The van der Waals surface area contributed by atoms with Crippen LogP contribution in [0.3, 0.4) is 0 Å². The molecule has 0 aliphatic carbocycles. The van der Waals surface area contributed by atoms with Gasteiger partial charge in [0.15, 0.2) is 0 Å². The molecule has 0 radical (unpaired) electrons. The van der Waals surface area contributed by atoms with Gasteiger partial charge < -0.3 is 10.4 Å². The maximum Gasteiger partial charge on any atom is 0.225 e.